The van der Waals surface area contributed by atoms with Gasteiger partial charge in [-0.05, 0) is 11.8 Å². The van der Waals surface area contributed by atoms with Crippen LogP contribution in [-0.4, -0.2) is 22.5 Å². The zero-order valence-electron chi connectivity index (χ0n) is 8.83. The first-order chi connectivity index (χ1) is 6.11. The second kappa shape index (κ2) is 3.96. The number of amides is 1. The molecule has 1 amide bonds. The molecule has 14 heavy (non-hydrogen) atoms. The lowest BCUT2D eigenvalue weighted by molar-refractivity contribution is -0.148. The number of carbonyl (C=O) groups is 2. The summed E-state index contributed by atoms with van der Waals surface area (Å²) in [4.78, 5) is 21.6. The summed E-state index contributed by atoms with van der Waals surface area (Å²) >= 11 is 0. The van der Waals surface area contributed by atoms with Crippen LogP contribution in [0, 0.1) is 5.41 Å². The normalized spacial score (nSPS) is 16.0. The molecule has 0 saturated heterocycles. The SMILES string of the molecule is CC(C)(C)[C@](N)(CCC(N)=O)C(=O)O. The van der Waals surface area contributed by atoms with Crippen LogP contribution in [0.15, 0.2) is 0 Å². The first-order valence-electron chi connectivity index (χ1n) is 4.42. The number of rotatable bonds is 4. The zero-order chi connectivity index (χ0) is 11.6. The Labute approximate surface area is 83.5 Å². The lowest BCUT2D eigenvalue weighted by atomic mass is 9.71. The Morgan fingerprint density at radius 2 is 1.71 bits per heavy atom. The third-order valence-corrected chi connectivity index (χ3v) is 2.49. The number of carbonyl (C=O) groups excluding carboxylic acids is 1. The molecule has 0 aliphatic carbocycles. The highest BCUT2D eigenvalue weighted by Crippen LogP contribution is 2.32. The fourth-order valence-electron chi connectivity index (χ4n) is 1.12. The van der Waals surface area contributed by atoms with Crippen molar-refractivity contribution in [1.29, 1.82) is 0 Å². The maximum Gasteiger partial charge on any atom is 0.324 e. The Morgan fingerprint density at radius 1 is 1.29 bits per heavy atom. The van der Waals surface area contributed by atoms with Gasteiger partial charge in [0.25, 0.3) is 0 Å². The van der Waals surface area contributed by atoms with Crippen molar-refractivity contribution in [3.63, 3.8) is 0 Å². The van der Waals surface area contributed by atoms with Gasteiger partial charge in [-0.15, -0.1) is 0 Å². The quantitative estimate of drug-likeness (QED) is 0.600. The third-order valence-electron chi connectivity index (χ3n) is 2.49. The smallest absolute Gasteiger partial charge is 0.324 e. The van der Waals surface area contributed by atoms with Gasteiger partial charge >= 0.3 is 5.97 Å². The molecule has 0 aliphatic rings. The molecular formula is C9H18N2O3. The Morgan fingerprint density at radius 3 is 1.93 bits per heavy atom. The summed E-state index contributed by atoms with van der Waals surface area (Å²) in [5, 5.41) is 9.00. The summed E-state index contributed by atoms with van der Waals surface area (Å²) < 4.78 is 0. The standard InChI is InChI=1S/C9H18N2O3/c1-8(2,3)9(11,7(13)14)5-4-6(10)12/h4-5,11H2,1-3H3,(H2,10,12)(H,13,14)/t9-/m0/s1. The third kappa shape index (κ3) is 2.70. The van der Waals surface area contributed by atoms with Crippen molar-refractivity contribution >= 4 is 11.9 Å². The van der Waals surface area contributed by atoms with Crippen molar-refractivity contribution in [2.45, 2.75) is 39.2 Å². The van der Waals surface area contributed by atoms with Crippen LogP contribution in [0.1, 0.15) is 33.6 Å². The van der Waals surface area contributed by atoms with E-state index in [1.165, 1.54) is 0 Å². The molecule has 0 heterocycles. The summed E-state index contributed by atoms with van der Waals surface area (Å²) in [6, 6.07) is 0. The summed E-state index contributed by atoms with van der Waals surface area (Å²) in [6.07, 6.45) is 0.0429. The molecule has 5 N–H and O–H groups in total. The molecule has 5 nitrogen and oxygen atoms in total. The van der Waals surface area contributed by atoms with E-state index in [1.54, 1.807) is 20.8 Å². The van der Waals surface area contributed by atoms with Gasteiger partial charge in [-0.2, -0.15) is 0 Å². The number of nitrogens with two attached hydrogens (primary N) is 2. The minimum Gasteiger partial charge on any atom is -0.480 e. The van der Waals surface area contributed by atoms with E-state index < -0.39 is 22.8 Å². The van der Waals surface area contributed by atoms with Crippen LogP contribution >= 0.6 is 0 Å². The van der Waals surface area contributed by atoms with E-state index in [9.17, 15) is 9.59 Å². The number of primary amides is 1. The summed E-state index contributed by atoms with van der Waals surface area (Å²) in [5.41, 5.74) is 8.68. The summed E-state index contributed by atoms with van der Waals surface area (Å²) in [7, 11) is 0. The molecule has 0 fully saturated rings. The van der Waals surface area contributed by atoms with Gasteiger partial charge in [-0.3, -0.25) is 9.59 Å². The van der Waals surface area contributed by atoms with Crippen molar-refractivity contribution in [2.24, 2.45) is 16.9 Å². The summed E-state index contributed by atoms with van der Waals surface area (Å²) in [6.45, 7) is 5.17. The average Bonchev–Trinajstić information content (AvgIpc) is 1.97. The van der Waals surface area contributed by atoms with Gasteiger partial charge in [-0.1, -0.05) is 20.8 Å². The molecule has 0 radical (unpaired) electrons. The Bertz CT molecular complexity index is 245. The van der Waals surface area contributed by atoms with Crippen LogP contribution in [0.25, 0.3) is 0 Å². The topological polar surface area (TPSA) is 106 Å². The molecule has 82 valence electrons. The monoisotopic (exact) mass is 202 g/mol. The molecule has 0 bridgehead atoms. The molecule has 0 aliphatic heterocycles. The maximum absolute atomic E-state index is 11.0. The Balaban J connectivity index is 4.75. The highest BCUT2D eigenvalue weighted by Gasteiger charge is 2.45. The molecular weight excluding hydrogens is 184 g/mol. The minimum absolute atomic E-state index is 0.0138. The first kappa shape index (κ1) is 12.9. The molecule has 1 atom stereocenters. The van der Waals surface area contributed by atoms with E-state index in [4.69, 9.17) is 16.6 Å². The number of hydrogen-bond acceptors (Lipinski definition) is 3. The van der Waals surface area contributed by atoms with Gasteiger partial charge in [0.1, 0.15) is 5.54 Å². The van der Waals surface area contributed by atoms with Crippen LogP contribution in [0.4, 0.5) is 0 Å². The van der Waals surface area contributed by atoms with E-state index in [-0.39, 0.29) is 12.8 Å². The van der Waals surface area contributed by atoms with Crippen LogP contribution in [0.5, 0.6) is 0 Å². The van der Waals surface area contributed by atoms with E-state index in [1.807, 2.05) is 0 Å². The van der Waals surface area contributed by atoms with Crippen molar-refractivity contribution < 1.29 is 14.7 Å². The van der Waals surface area contributed by atoms with Gasteiger partial charge in [0.05, 0.1) is 0 Å². The van der Waals surface area contributed by atoms with Crippen LogP contribution < -0.4 is 11.5 Å². The molecule has 5 heteroatoms. The van der Waals surface area contributed by atoms with E-state index in [2.05, 4.69) is 0 Å². The van der Waals surface area contributed by atoms with Crippen LogP contribution in [0.2, 0.25) is 0 Å². The van der Waals surface area contributed by atoms with Gasteiger partial charge in [0.15, 0.2) is 0 Å². The van der Waals surface area contributed by atoms with Crippen molar-refractivity contribution in [2.75, 3.05) is 0 Å². The molecule has 0 rings (SSSR count). The van der Waals surface area contributed by atoms with Crippen molar-refractivity contribution in [3.05, 3.63) is 0 Å². The fraction of sp³-hybridized carbons (Fsp3) is 0.778. The lowest BCUT2D eigenvalue weighted by Gasteiger charge is -2.37. The molecule has 0 aromatic heterocycles. The average molecular weight is 202 g/mol. The zero-order valence-corrected chi connectivity index (χ0v) is 8.83. The predicted octanol–water partition coefficient (Wildman–Crippen LogP) is 0.0801. The predicted molar refractivity (Wildman–Crippen MR) is 52.4 cm³/mol. The fourth-order valence-corrected chi connectivity index (χ4v) is 1.12. The lowest BCUT2D eigenvalue weighted by Crippen LogP contribution is -2.58. The number of aliphatic carboxylic acids is 1. The van der Waals surface area contributed by atoms with Gasteiger partial charge in [-0.25, -0.2) is 0 Å². The molecule has 0 aromatic rings. The highest BCUT2D eigenvalue weighted by atomic mass is 16.4. The van der Waals surface area contributed by atoms with Crippen molar-refractivity contribution in [1.82, 2.24) is 0 Å². The second-order valence-electron chi connectivity index (χ2n) is 4.49. The minimum atomic E-state index is -1.41. The highest BCUT2D eigenvalue weighted by molar-refractivity contribution is 5.81. The number of hydrogen-bond donors (Lipinski definition) is 3. The van der Waals surface area contributed by atoms with Gasteiger partial charge < -0.3 is 16.6 Å². The molecule has 0 spiro atoms. The van der Waals surface area contributed by atoms with Crippen molar-refractivity contribution in [3.8, 4) is 0 Å². The van der Waals surface area contributed by atoms with E-state index in [0.717, 1.165) is 0 Å². The summed E-state index contributed by atoms with van der Waals surface area (Å²) in [5.74, 6) is -1.64. The molecule has 0 unspecified atom stereocenters. The van der Waals surface area contributed by atoms with Gasteiger partial charge in [0.2, 0.25) is 5.91 Å². The largest absolute Gasteiger partial charge is 0.480 e. The van der Waals surface area contributed by atoms with E-state index in [0.29, 0.717) is 0 Å². The van der Waals surface area contributed by atoms with Crippen LogP contribution in [0.3, 0.4) is 0 Å². The Hall–Kier alpha value is -1.10. The Kier molecular flexibility index (Phi) is 3.65. The van der Waals surface area contributed by atoms with Gasteiger partial charge in [0, 0.05) is 6.42 Å². The molecule has 0 aromatic carbocycles. The van der Waals surface area contributed by atoms with Crippen LogP contribution in [-0.2, 0) is 9.59 Å². The molecule has 0 saturated carbocycles. The number of carboxylic acid groups (broad SMARTS) is 1. The second-order valence-corrected chi connectivity index (χ2v) is 4.49. The maximum atomic E-state index is 11.0. The first-order valence-corrected chi connectivity index (χ1v) is 4.42. The van der Waals surface area contributed by atoms with E-state index >= 15 is 0 Å². The number of carboxylic acids is 1.